The summed E-state index contributed by atoms with van der Waals surface area (Å²) in [5.41, 5.74) is 2.47. The second-order valence-electron chi connectivity index (χ2n) is 10.0. The normalized spacial score (nSPS) is 22.7. The van der Waals surface area contributed by atoms with Crippen LogP contribution in [0.25, 0.3) is 5.57 Å². The van der Waals surface area contributed by atoms with E-state index in [1.54, 1.807) is 19.2 Å². The van der Waals surface area contributed by atoms with Crippen LogP contribution in [0.5, 0.6) is 5.75 Å². The number of methoxy groups -OCH3 is 1. The molecule has 3 aliphatic heterocycles. The van der Waals surface area contributed by atoms with Gasteiger partial charge in [0.1, 0.15) is 5.75 Å². The Balaban J connectivity index is 1.28. The highest BCUT2D eigenvalue weighted by molar-refractivity contribution is 6.05. The van der Waals surface area contributed by atoms with Gasteiger partial charge in [0.25, 0.3) is 0 Å². The van der Waals surface area contributed by atoms with Gasteiger partial charge in [0.15, 0.2) is 0 Å². The average Bonchev–Trinajstić information content (AvgIpc) is 3.24. The van der Waals surface area contributed by atoms with Gasteiger partial charge in [-0.1, -0.05) is 12.1 Å². The molecule has 5 rings (SSSR count). The van der Waals surface area contributed by atoms with E-state index in [1.165, 1.54) is 12.1 Å². The van der Waals surface area contributed by atoms with E-state index in [9.17, 15) is 22.8 Å². The summed E-state index contributed by atoms with van der Waals surface area (Å²) in [6.07, 6.45) is -0.409. The minimum Gasteiger partial charge on any atom is -0.493 e. The molecule has 0 spiro atoms. The number of allylic oxidation sites excluding steroid dienone is 1. The zero-order chi connectivity index (χ0) is 26.9. The van der Waals surface area contributed by atoms with Crippen LogP contribution in [0, 0.1) is 5.92 Å². The number of carbonyl (C=O) groups is 2. The molecule has 202 valence electrons. The first-order chi connectivity index (χ1) is 18.2. The van der Waals surface area contributed by atoms with Crippen LogP contribution in [0.15, 0.2) is 42.5 Å². The molecule has 7 nitrogen and oxygen atoms in total. The molecule has 2 amide bonds. The minimum atomic E-state index is -4.48. The number of halogens is 3. The lowest BCUT2D eigenvalue weighted by Crippen LogP contribution is -2.47. The van der Waals surface area contributed by atoms with Crippen molar-refractivity contribution in [2.45, 2.75) is 37.9 Å². The third kappa shape index (κ3) is 5.71. The predicted octanol–water partition coefficient (Wildman–Crippen LogP) is 4.73. The Morgan fingerprint density at radius 1 is 1.26 bits per heavy atom. The third-order valence-electron chi connectivity index (χ3n) is 7.32. The van der Waals surface area contributed by atoms with Crippen molar-refractivity contribution in [2.24, 2.45) is 5.92 Å². The summed E-state index contributed by atoms with van der Waals surface area (Å²) in [6.45, 7) is 2.64. The maximum atomic E-state index is 13.1. The van der Waals surface area contributed by atoms with E-state index in [0.29, 0.717) is 54.3 Å². The first kappa shape index (κ1) is 26.2. The van der Waals surface area contributed by atoms with Crippen LogP contribution in [0.1, 0.15) is 36.0 Å². The number of alkyl halides is 3. The number of amides is 2. The monoisotopic (exact) mass is 529 g/mol. The molecule has 0 aromatic heterocycles. The zero-order valence-corrected chi connectivity index (χ0v) is 21.1. The van der Waals surface area contributed by atoms with E-state index in [-0.39, 0.29) is 24.3 Å². The topological polar surface area (TPSA) is 79.9 Å². The van der Waals surface area contributed by atoms with Crippen molar-refractivity contribution in [3.8, 4) is 5.75 Å². The van der Waals surface area contributed by atoms with Crippen LogP contribution in [0.2, 0.25) is 0 Å². The Hall–Kier alpha value is -3.37. The molecular formula is C28H30F3N3O4. The van der Waals surface area contributed by atoms with Crippen LogP contribution in [0.3, 0.4) is 0 Å². The third-order valence-corrected chi connectivity index (χ3v) is 7.32. The number of rotatable bonds is 5. The van der Waals surface area contributed by atoms with E-state index >= 15 is 0 Å². The highest BCUT2D eigenvalue weighted by Crippen LogP contribution is 2.38. The number of anilines is 2. The van der Waals surface area contributed by atoms with Gasteiger partial charge in [0.05, 0.1) is 24.8 Å². The summed E-state index contributed by atoms with van der Waals surface area (Å²) in [4.78, 5) is 27.9. The summed E-state index contributed by atoms with van der Waals surface area (Å²) in [6, 6.07) is 8.53. The lowest BCUT2D eigenvalue weighted by Gasteiger charge is -2.31. The summed E-state index contributed by atoms with van der Waals surface area (Å²) < 4.78 is 50.2. The van der Waals surface area contributed by atoms with Crippen molar-refractivity contribution in [3.05, 3.63) is 59.2 Å². The van der Waals surface area contributed by atoms with Crippen molar-refractivity contribution >= 4 is 28.8 Å². The minimum absolute atomic E-state index is 0.0607. The molecule has 3 aliphatic rings. The molecule has 1 fully saturated rings. The molecule has 3 heterocycles. The number of nitrogens with zero attached hydrogens (tertiary/aromatic N) is 1. The molecule has 38 heavy (non-hydrogen) atoms. The first-order valence-electron chi connectivity index (χ1n) is 12.7. The number of benzene rings is 2. The van der Waals surface area contributed by atoms with Crippen LogP contribution in [0.4, 0.5) is 24.5 Å². The Morgan fingerprint density at radius 3 is 2.89 bits per heavy atom. The molecule has 0 radical (unpaired) electrons. The molecule has 0 bridgehead atoms. The summed E-state index contributed by atoms with van der Waals surface area (Å²) >= 11 is 0. The van der Waals surface area contributed by atoms with E-state index < -0.39 is 17.6 Å². The zero-order valence-electron chi connectivity index (χ0n) is 21.1. The quantitative estimate of drug-likeness (QED) is 0.548. The number of fused-ring (bicyclic) bond motifs is 2. The first-order valence-corrected chi connectivity index (χ1v) is 12.7. The van der Waals surface area contributed by atoms with Gasteiger partial charge < -0.3 is 20.1 Å². The van der Waals surface area contributed by atoms with Gasteiger partial charge in [-0.2, -0.15) is 13.2 Å². The van der Waals surface area contributed by atoms with Crippen LogP contribution < -0.4 is 15.4 Å². The number of nitrogens with one attached hydrogen (secondary N) is 2. The lowest BCUT2D eigenvalue weighted by atomic mass is 9.97. The van der Waals surface area contributed by atoms with Crippen molar-refractivity contribution in [2.75, 3.05) is 44.0 Å². The molecule has 2 N–H and O–H groups in total. The van der Waals surface area contributed by atoms with Crippen molar-refractivity contribution < 1.29 is 32.2 Å². The van der Waals surface area contributed by atoms with Crippen LogP contribution in [-0.4, -0.2) is 56.2 Å². The van der Waals surface area contributed by atoms with E-state index in [1.807, 2.05) is 6.07 Å². The van der Waals surface area contributed by atoms with Crippen molar-refractivity contribution in [3.63, 3.8) is 0 Å². The van der Waals surface area contributed by atoms with Crippen LogP contribution in [-0.2, 0) is 26.9 Å². The van der Waals surface area contributed by atoms with E-state index in [2.05, 4.69) is 15.5 Å². The maximum absolute atomic E-state index is 13.1. The van der Waals surface area contributed by atoms with Crippen molar-refractivity contribution in [1.29, 1.82) is 0 Å². The standard InChI is InChI=1S/C28H30F3N3O4/c1-37-16-17-8-9-34(15-17)24-11-19-4-6-21(14-23(19)33-27(24)36)32-26(35)12-18-3-2-10-38-25-13-20(28(29,30)31)5-7-22(18)25/h4-7,12-14,17,24H,2-3,8-11,15-16H2,1H3,(H,32,35)(H,33,36)/b18-12+/t17-,24?/m1/s1. The number of carbonyl (C=O) groups excluding carboxylic acids is 2. The Bertz CT molecular complexity index is 1260. The Kier molecular flexibility index (Phi) is 7.45. The van der Waals surface area contributed by atoms with Gasteiger partial charge in [0.2, 0.25) is 11.8 Å². The second kappa shape index (κ2) is 10.8. The van der Waals surface area contributed by atoms with Gasteiger partial charge in [-0.15, -0.1) is 0 Å². The summed E-state index contributed by atoms with van der Waals surface area (Å²) in [7, 11) is 1.69. The molecule has 0 saturated carbocycles. The number of ether oxygens (including phenoxy) is 2. The smallest absolute Gasteiger partial charge is 0.416 e. The summed E-state index contributed by atoms with van der Waals surface area (Å²) in [5, 5.41) is 5.80. The van der Waals surface area contributed by atoms with E-state index in [4.69, 9.17) is 9.47 Å². The summed E-state index contributed by atoms with van der Waals surface area (Å²) in [5.74, 6) is 0.0805. The molecule has 1 unspecified atom stereocenters. The van der Waals surface area contributed by atoms with Gasteiger partial charge in [-0.25, -0.2) is 0 Å². The number of likely N-dealkylation sites (tertiary alicyclic amines) is 1. The van der Waals surface area contributed by atoms with Gasteiger partial charge >= 0.3 is 6.18 Å². The van der Waals surface area contributed by atoms with Gasteiger partial charge in [-0.3, -0.25) is 14.5 Å². The predicted molar refractivity (Wildman–Crippen MR) is 137 cm³/mol. The molecule has 1 saturated heterocycles. The molecule has 2 atom stereocenters. The largest absolute Gasteiger partial charge is 0.493 e. The molecule has 2 aromatic carbocycles. The Morgan fingerprint density at radius 2 is 2.11 bits per heavy atom. The SMILES string of the molecule is COC[C@@H]1CCN(C2Cc3ccc(NC(=O)/C=C4\CCCOc5cc(C(F)(F)F)ccc54)cc3NC2=O)C1. The Labute approximate surface area is 219 Å². The number of hydrogen-bond donors (Lipinski definition) is 2. The maximum Gasteiger partial charge on any atom is 0.416 e. The van der Waals surface area contributed by atoms with Gasteiger partial charge in [-0.05, 0) is 73.5 Å². The van der Waals surface area contributed by atoms with Crippen LogP contribution >= 0.6 is 0 Å². The fourth-order valence-corrected chi connectivity index (χ4v) is 5.43. The molecule has 2 aromatic rings. The van der Waals surface area contributed by atoms with Gasteiger partial charge in [0, 0.05) is 36.7 Å². The molecular weight excluding hydrogens is 499 g/mol. The fraction of sp³-hybridized carbons (Fsp3) is 0.429. The van der Waals surface area contributed by atoms with E-state index in [0.717, 1.165) is 37.2 Å². The number of hydrogen-bond acceptors (Lipinski definition) is 5. The molecule has 0 aliphatic carbocycles. The fourth-order valence-electron chi connectivity index (χ4n) is 5.43. The average molecular weight is 530 g/mol. The second-order valence-corrected chi connectivity index (χ2v) is 10.0. The lowest BCUT2D eigenvalue weighted by molar-refractivity contribution is -0.137. The van der Waals surface area contributed by atoms with Crippen molar-refractivity contribution in [1.82, 2.24) is 4.90 Å². The highest BCUT2D eigenvalue weighted by Gasteiger charge is 2.36. The highest BCUT2D eigenvalue weighted by atomic mass is 19.4. The molecule has 10 heteroatoms.